The van der Waals surface area contributed by atoms with E-state index in [1.165, 1.54) is 6.92 Å². The molecule has 0 spiro atoms. The number of aliphatic hydroxyl groups is 1. The van der Waals surface area contributed by atoms with E-state index in [4.69, 9.17) is 11.6 Å². The Morgan fingerprint density at radius 1 is 1.28 bits per heavy atom. The molecule has 1 rings (SSSR count). The fourth-order valence-corrected chi connectivity index (χ4v) is 2.67. The maximum absolute atomic E-state index is 12.9. The Bertz CT molecular complexity index is 254. The molecule has 1 aliphatic carbocycles. The average molecular weight is 289 g/mol. The van der Waals surface area contributed by atoms with Crippen molar-refractivity contribution >= 4 is 11.6 Å². The molecular formula is C12H20ClF3O2. The van der Waals surface area contributed by atoms with Crippen LogP contribution in [0.5, 0.6) is 0 Å². The monoisotopic (exact) mass is 288 g/mol. The highest BCUT2D eigenvalue weighted by molar-refractivity contribution is 6.24. The third-order valence-corrected chi connectivity index (χ3v) is 4.03. The Kier molecular flexibility index (Phi) is 5.74. The predicted octanol–water partition coefficient (Wildman–Crippen LogP) is 3.85. The van der Waals surface area contributed by atoms with Gasteiger partial charge in [-0.1, -0.05) is 43.7 Å². The summed E-state index contributed by atoms with van der Waals surface area (Å²) in [6.07, 6.45) is -1.62. The SMILES string of the molecule is CCO[C@@](Cl)([C@@H](O)CC1CCCCC1)C(F)(F)F. The van der Waals surface area contributed by atoms with Crippen molar-refractivity contribution in [3.8, 4) is 0 Å². The molecule has 108 valence electrons. The van der Waals surface area contributed by atoms with Gasteiger partial charge in [-0.25, -0.2) is 0 Å². The zero-order valence-electron chi connectivity index (χ0n) is 10.5. The summed E-state index contributed by atoms with van der Waals surface area (Å²) < 4.78 is 43.2. The van der Waals surface area contributed by atoms with Crippen molar-refractivity contribution in [3.63, 3.8) is 0 Å². The zero-order chi connectivity index (χ0) is 13.8. The Morgan fingerprint density at radius 2 is 1.83 bits per heavy atom. The van der Waals surface area contributed by atoms with Gasteiger partial charge < -0.3 is 9.84 Å². The molecule has 0 heterocycles. The van der Waals surface area contributed by atoms with Gasteiger partial charge in [0.15, 0.2) is 0 Å². The minimum Gasteiger partial charge on any atom is -0.388 e. The molecule has 0 aromatic rings. The summed E-state index contributed by atoms with van der Waals surface area (Å²) in [5.41, 5.74) is 0. The molecule has 0 aromatic heterocycles. The normalized spacial score (nSPS) is 23.7. The first-order valence-electron chi connectivity index (χ1n) is 6.39. The molecule has 0 aromatic carbocycles. The number of ether oxygens (including phenoxy) is 1. The van der Waals surface area contributed by atoms with Crippen LogP contribution in [0.25, 0.3) is 0 Å². The average Bonchev–Trinajstić information content (AvgIpc) is 2.29. The van der Waals surface area contributed by atoms with E-state index in [9.17, 15) is 18.3 Å². The molecule has 0 aliphatic heterocycles. The van der Waals surface area contributed by atoms with Crippen molar-refractivity contribution in [2.75, 3.05) is 6.61 Å². The summed E-state index contributed by atoms with van der Waals surface area (Å²) in [5, 5.41) is 6.84. The van der Waals surface area contributed by atoms with Crippen LogP contribution >= 0.6 is 11.6 Å². The van der Waals surface area contributed by atoms with Gasteiger partial charge in [0.1, 0.15) is 6.10 Å². The maximum atomic E-state index is 12.9. The number of halogens is 4. The van der Waals surface area contributed by atoms with Crippen molar-refractivity contribution in [2.24, 2.45) is 5.92 Å². The molecule has 0 amide bonds. The van der Waals surface area contributed by atoms with Gasteiger partial charge in [-0.15, -0.1) is 0 Å². The first kappa shape index (κ1) is 16.1. The molecule has 1 aliphatic rings. The minimum atomic E-state index is -4.78. The molecule has 0 bridgehead atoms. The van der Waals surface area contributed by atoms with E-state index in [-0.39, 0.29) is 18.9 Å². The Hall–Kier alpha value is -0.0000000000000000555. The van der Waals surface area contributed by atoms with E-state index < -0.39 is 17.3 Å². The second-order valence-corrected chi connectivity index (χ2v) is 5.39. The predicted molar refractivity (Wildman–Crippen MR) is 63.5 cm³/mol. The molecule has 0 saturated heterocycles. The number of hydrogen-bond donors (Lipinski definition) is 1. The van der Waals surface area contributed by atoms with Gasteiger partial charge >= 0.3 is 6.18 Å². The molecule has 6 heteroatoms. The number of aliphatic hydroxyl groups excluding tert-OH is 1. The van der Waals surface area contributed by atoms with Gasteiger partial charge in [-0.05, 0) is 19.3 Å². The molecule has 0 radical (unpaired) electrons. The van der Waals surface area contributed by atoms with Gasteiger partial charge in [0.2, 0.25) is 0 Å². The quantitative estimate of drug-likeness (QED) is 0.779. The summed E-state index contributed by atoms with van der Waals surface area (Å²) in [4.78, 5) is 0. The van der Waals surface area contributed by atoms with Crippen LogP contribution in [0.3, 0.4) is 0 Å². The van der Waals surface area contributed by atoms with Crippen LogP contribution < -0.4 is 0 Å². The lowest BCUT2D eigenvalue weighted by Gasteiger charge is -2.35. The molecule has 0 unspecified atom stereocenters. The molecular weight excluding hydrogens is 269 g/mol. The highest BCUT2D eigenvalue weighted by atomic mass is 35.5. The van der Waals surface area contributed by atoms with E-state index in [1.807, 2.05) is 0 Å². The van der Waals surface area contributed by atoms with Gasteiger partial charge in [-0.2, -0.15) is 13.2 Å². The van der Waals surface area contributed by atoms with Crippen LogP contribution in [0.1, 0.15) is 45.4 Å². The van der Waals surface area contributed by atoms with Crippen LogP contribution in [0.2, 0.25) is 0 Å². The molecule has 1 fully saturated rings. The highest BCUT2D eigenvalue weighted by Gasteiger charge is 2.59. The first-order chi connectivity index (χ1) is 8.31. The molecule has 2 nitrogen and oxygen atoms in total. The van der Waals surface area contributed by atoms with E-state index >= 15 is 0 Å². The first-order valence-corrected chi connectivity index (χ1v) is 6.76. The van der Waals surface area contributed by atoms with Crippen molar-refractivity contribution in [1.82, 2.24) is 0 Å². The van der Waals surface area contributed by atoms with Gasteiger partial charge in [0, 0.05) is 6.61 Å². The third-order valence-electron chi connectivity index (χ3n) is 3.45. The van der Waals surface area contributed by atoms with Crippen molar-refractivity contribution in [3.05, 3.63) is 0 Å². The summed E-state index contributed by atoms with van der Waals surface area (Å²) >= 11 is 5.49. The van der Waals surface area contributed by atoms with Crippen molar-refractivity contribution < 1.29 is 23.0 Å². The van der Waals surface area contributed by atoms with Crippen LogP contribution in [-0.4, -0.2) is 29.1 Å². The largest absolute Gasteiger partial charge is 0.434 e. The lowest BCUT2D eigenvalue weighted by Crippen LogP contribution is -2.52. The summed E-state index contributed by atoms with van der Waals surface area (Å²) in [6, 6.07) is 0. The Morgan fingerprint density at radius 3 is 2.28 bits per heavy atom. The van der Waals surface area contributed by atoms with E-state index in [1.54, 1.807) is 0 Å². The number of alkyl halides is 4. The lowest BCUT2D eigenvalue weighted by atomic mass is 9.84. The van der Waals surface area contributed by atoms with E-state index in [0.29, 0.717) is 0 Å². The standard InChI is InChI=1S/C12H20ClF3O2/c1-2-18-11(13,12(14,15)16)10(17)8-9-6-4-3-5-7-9/h9-10,17H,2-8H2,1H3/t10-,11-/m0/s1. The second-order valence-electron chi connectivity index (χ2n) is 4.83. The van der Waals surface area contributed by atoms with Crippen LogP contribution in [0.15, 0.2) is 0 Å². The molecule has 18 heavy (non-hydrogen) atoms. The molecule has 1 N–H and O–H groups in total. The van der Waals surface area contributed by atoms with Crippen LogP contribution in [0, 0.1) is 5.92 Å². The fraction of sp³-hybridized carbons (Fsp3) is 1.00. The van der Waals surface area contributed by atoms with Crippen molar-refractivity contribution in [2.45, 2.75) is 62.8 Å². The van der Waals surface area contributed by atoms with E-state index in [2.05, 4.69) is 4.74 Å². The van der Waals surface area contributed by atoms with Gasteiger partial charge in [0.05, 0.1) is 0 Å². The zero-order valence-corrected chi connectivity index (χ0v) is 11.2. The molecule has 2 atom stereocenters. The third kappa shape index (κ3) is 3.75. The van der Waals surface area contributed by atoms with Gasteiger partial charge in [-0.3, -0.25) is 0 Å². The van der Waals surface area contributed by atoms with Crippen LogP contribution in [-0.2, 0) is 4.74 Å². The highest BCUT2D eigenvalue weighted by Crippen LogP contribution is 2.43. The second kappa shape index (κ2) is 6.44. The fourth-order valence-electron chi connectivity index (χ4n) is 2.47. The van der Waals surface area contributed by atoms with Crippen molar-refractivity contribution in [1.29, 1.82) is 0 Å². The maximum Gasteiger partial charge on any atom is 0.434 e. The lowest BCUT2D eigenvalue weighted by molar-refractivity contribution is -0.270. The van der Waals surface area contributed by atoms with E-state index in [0.717, 1.165) is 32.1 Å². The smallest absolute Gasteiger partial charge is 0.388 e. The van der Waals surface area contributed by atoms with Gasteiger partial charge in [0.25, 0.3) is 5.06 Å². The minimum absolute atomic E-state index is 0.0447. The topological polar surface area (TPSA) is 29.5 Å². The Balaban J connectivity index is 2.67. The van der Waals surface area contributed by atoms with Crippen LogP contribution in [0.4, 0.5) is 13.2 Å². The summed E-state index contributed by atoms with van der Waals surface area (Å²) in [7, 11) is 0. The number of hydrogen-bond acceptors (Lipinski definition) is 2. The molecule has 1 saturated carbocycles. The summed E-state index contributed by atoms with van der Waals surface area (Å²) in [5.74, 6) is 0.106. The number of rotatable bonds is 5. The Labute approximate surface area is 110 Å². The summed E-state index contributed by atoms with van der Waals surface area (Å²) in [6.45, 7) is 1.24.